The first-order chi connectivity index (χ1) is 11.7. The lowest BCUT2D eigenvalue weighted by atomic mass is 9.84. The van der Waals surface area contributed by atoms with Gasteiger partial charge in [0.15, 0.2) is 0 Å². The zero-order chi connectivity index (χ0) is 17.2. The van der Waals surface area contributed by atoms with Gasteiger partial charge in [-0.1, -0.05) is 74.4 Å². The van der Waals surface area contributed by atoms with E-state index in [1.54, 1.807) is 0 Å². The molecule has 0 heterocycles. The van der Waals surface area contributed by atoms with E-state index in [9.17, 15) is 4.79 Å². The topological polar surface area (TPSA) is 46.5 Å². The van der Waals surface area contributed by atoms with Crippen LogP contribution >= 0.6 is 0 Å². The van der Waals surface area contributed by atoms with Crippen molar-refractivity contribution in [3.05, 3.63) is 71.3 Å². The molecule has 1 atom stereocenters. The summed E-state index contributed by atoms with van der Waals surface area (Å²) in [6.07, 6.45) is 4.12. The van der Waals surface area contributed by atoms with Crippen LogP contribution in [0.15, 0.2) is 54.6 Å². The Morgan fingerprint density at radius 1 is 1.04 bits per heavy atom. The van der Waals surface area contributed by atoms with Crippen molar-refractivity contribution < 1.29 is 14.6 Å². The Morgan fingerprint density at radius 3 is 2.46 bits per heavy atom. The summed E-state index contributed by atoms with van der Waals surface area (Å²) in [6, 6.07) is 18.8. The molecule has 0 saturated heterocycles. The van der Waals surface area contributed by atoms with Crippen molar-refractivity contribution in [3.63, 3.8) is 0 Å². The fourth-order valence-corrected chi connectivity index (χ4v) is 3.12. The predicted molar refractivity (Wildman–Crippen MR) is 96.5 cm³/mol. The maximum absolute atomic E-state index is 10.7. The summed E-state index contributed by atoms with van der Waals surface area (Å²) in [5, 5.41) is 8.74. The van der Waals surface area contributed by atoms with E-state index in [2.05, 4.69) is 43.3 Å². The lowest BCUT2D eigenvalue weighted by molar-refractivity contribution is 0.0896. The third-order valence-corrected chi connectivity index (χ3v) is 4.31. The number of hydrogen-bond donors (Lipinski definition) is 1. The molecule has 0 saturated carbocycles. The molecule has 1 N–H and O–H groups in total. The van der Waals surface area contributed by atoms with Gasteiger partial charge in [0, 0.05) is 5.92 Å². The van der Waals surface area contributed by atoms with Crippen molar-refractivity contribution in [1.82, 2.24) is 0 Å². The average molecular weight is 326 g/mol. The van der Waals surface area contributed by atoms with Crippen LogP contribution in [0.5, 0.6) is 0 Å². The Kier molecular flexibility index (Phi) is 7.34. The van der Waals surface area contributed by atoms with E-state index in [4.69, 9.17) is 9.84 Å². The van der Waals surface area contributed by atoms with Crippen LogP contribution in [0.25, 0.3) is 0 Å². The fraction of sp³-hybridized carbons (Fsp3) is 0.381. The number of carbonyl (C=O) groups is 1. The van der Waals surface area contributed by atoms with Gasteiger partial charge in [-0.15, -0.1) is 0 Å². The molecule has 0 spiro atoms. The minimum absolute atomic E-state index is 0.156. The highest BCUT2D eigenvalue weighted by molar-refractivity contribution is 5.56. The number of hydrogen-bond acceptors (Lipinski definition) is 2. The Morgan fingerprint density at radius 2 is 1.75 bits per heavy atom. The molecule has 0 amide bonds. The minimum atomic E-state index is -1.21. The lowest BCUT2D eigenvalue weighted by Gasteiger charge is -2.21. The third kappa shape index (κ3) is 5.41. The number of unbranched alkanes of at least 4 members (excludes halogenated alkanes) is 2. The molecule has 0 aromatic heterocycles. The molecule has 0 radical (unpaired) electrons. The van der Waals surface area contributed by atoms with E-state index in [1.807, 2.05) is 18.2 Å². The number of rotatable bonds is 9. The average Bonchev–Trinajstić information content (AvgIpc) is 2.60. The van der Waals surface area contributed by atoms with Crippen molar-refractivity contribution in [1.29, 1.82) is 0 Å². The maximum Gasteiger partial charge on any atom is 0.505 e. The van der Waals surface area contributed by atoms with E-state index in [0.29, 0.717) is 6.42 Å². The predicted octanol–water partition coefficient (Wildman–Crippen LogP) is 5.64. The van der Waals surface area contributed by atoms with Crippen LogP contribution < -0.4 is 0 Å². The van der Waals surface area contributed by atoms with Crippen LogP contribution in [0, 0.1) is 0 Å². The number of aryl methyl sites for hydroxylation is 1. The van der Waals surface area contributed by atoms with Gasteiger partial charge in [0.05, 0.1) is 6.61 Å². The summed E-state index contributed by atoms with van der Waals surface area (Å²) in [5.74, 6) is 0.156. The highest BCUT2D eigenvalue weighted by Gasteiger charge is 2.17. The molecule has 2 aromatic rings. The molecule has 1 unspecified atom stereocenters. The molecule has 0 aliphatic heterocycles. The first kappa shape index (κ1) is 18.1. The normalized spacial score (nSPS) is 11.9. The van der Waals surface area contributed by atoms with E-state index < -0.39 is 6.16 Å². The number of carboxylic acid groups (broad SMARTS) is 1. The van der Waals surface area contributed by atoms with Crippen molar-refractivity contribution in [2.75, 3.05) is 6.61 Å². The largest absolute Gasteiger partial charge is 0.505 e. The summed E-state index contributed by atoms with van der Waals surface area (Å²) in [6.45, 7) is 2.42. The van der Waals surface area contributed by atoms with Crippen LogP contribution in [0.3, 0.4) is 0 Å². The fourth-order valence-electron chi connectivity index (χ4n) is 3.12. The highest BCUT2D eigenvalue weighted by atomic mass is 16.7. The van der Waals surface area contributed by atoms with Gasteiger partial charge in [0.1, 0.15) is 0 Å². The van der Waals surface area contributed by atoms with E-state index >= 15 is 0 Å². The molecule has 2 rings (SSSR count). The molecular weight excluding hydrogens is 300 g/mol. The van der Waals surface area contributed by atoms with Gasteiger partial charge >= 0.3 is 6.16 Å². The first-order valence-corrected chi connectivity index (χ1v) is 8.70. The van der Waals surface area contributed by atoms with Crippen molar-refractivity contribution in [3.8, 4) is 0 Å². The Bertz CT molecular complexity index is 622. The summed E-state index contributed by atoms with van der Waals surface area (Å²) in [7, 11) is 0. The molecule has 3 heteroatoms. The minimum Gasteiger partial charge on any atom is -0.450 e. The van der Waals surface area contributed by atoms with Gasteiger partial charge < -0.3 is 9.84 Å². The second kappa shape index (κ2) is 9.76. The molecular formula is C21H26O3. The molecule has 24 heavy (non-hydrogen) atoms. The monoisotopic (exact) mass is 326 g/mol. The van der Waals surface area contributed by atoms with Crippen LogP contribution in [-0.4, -0.2) is 17.9 Å². The lowest BCUT2D eigenvalue weighted by Crippen LogP contribution is -2.10. The van der Waals surface area contributed by atoms with Gasteiger partial charge in [-0.25, -0.2) is 4.79 Å². The van der Waals surface area contributed by atoms with Crippen LogP contribution in [0.1, 0.15) is 55.2 Å². The van der Waals surface area contributed by atoms with Crippen LogP contribution in [0.2, 0.25) is 0 Å². The molecule has 0 aliphatic rings. The van der Waals surface area contributed by atoms with Gasteiger partial charge in [-0.2, -0.15) is 0 Å². The van der Waals surface area contributed by atoms with Crippen LogP contribution in [-0.2, 0) is 11.2 Å². The molecule has 2 aromatic carbocycles. The van der Waals surface area contributed by atoms with E-state index in [0.717, 1.165) is 6.42 Å². The van der Waals surface area contributed by atoms with Crippen LogP contribution in [0.4, 0.5) is 4.79 Å². The van der Waals surface area contributed by atoms with Crippen molar-refractivity contribution in [2.45, 2.75) is 44.9 Å². The Hall–Kier alpha value is -2.29. The SMILES string of the molecule is CCCCCc1ccccc1C(CCOC(=O)O)c1ccccc1. The maximum atomic E-state index is 10.7. The highest BCUT2D eigenvalue weighted by Crippen LogP contribution is 2.31. The molecule has 128 valence electrons. The van der Waals surface area contributed by atoms with Gasteiger partial charge in [-0.3, -0.25) is 0 Å². The smallest absolute Gasteiger partial charge is 0.450 e. The first-order valence-electron chi connectivity index (χ1n) is 8.70. The zero-order valence-electron chi connectivity index (χ0n) is 14.3. The third-order valence-electron chi connectivity index (χ3n) is 4.31. The van der Waals surface area contributed by atoms with E-state index in [1.165, 1.54) is 36.0 Å². The van der Waals surface area contributed by atoms with Gasteiger partial charge in [-0.05, 0) is 36.0 Å². The Balaban J connectivity index is 2.24. The summed E-state index contributed by atoms with van der Waals surface area (Å²) in [5.41, 5.74) is 3.85. The second-order valence-electron chi connectivity index (χ2n) is 6.02. The summed E-state index contributed by atoms with van der Waals surface area (Å²) in [4.78, 5) is 10.7. The second-order valence-corrected chi connectivity index (χ2v) is 6.02. The standard InChI is InChI=1S/C21H26O3/c1-2-3-5-10-17-13-8-9-14-19(17)20(15-16-24-21(22)23)18-11-6-4-7-12-18/h4,6-9,11-14,20H,2-3,5,10,15-16H2,1H3,(H,22,23). The quantitative estimate of drug-likeness (QED) is 0.479. The van der Waals surface area contributed by atoms with Crippen molar-refractivity contribution in [2.24, 2.45) is 0 Å². The van der Waals surface area contributed by atoms with E-state index in [-0.39, 0.29) is 12.5 Å². The number of ether oxygens (including phenoxy) is 1. The Labute approximate surface area is 144 Å². The molecule has 0 bridgehead atoms. The zero-order valence-corrected chi connectivity index (χ0v) is 14.3. The van der Waals surface area contributed by atoms with Crippen molar-refractivity contribution >= 4 is 6.16 Å². The molecule has 0 aliphatic carbocycles. The molecule has 0 fully saturated rings. The number of benzene rings is 2. The summed E-state index contributed by atoms with van der Waals surface area (Å²) >= 11 is 0. The molecule has 3 nitrogen and oxygen atoms in total. The summed E-state index contributed by atoms with van der Waals surface area (Å²) < 4.78 is 4.77. The van der Waals surface area contributed by atoms with Gasteiger partial charge in [0.2, 0.25) is 0 Å². The van der Waals surface area contributed by atoms with Gasteiger partial charge in [0.25, 0.3) is 0 Å².